The van der Waals surface area contributed by atoms with Gasteiger partial charge < -0.3 is 5.32 Å². The van der Waals surface area contributed by atoms with Gasteiger partial charge in [-0.2, -0.15) is 0 Å². The fraction of sp³-hybridized carbons (Fsp3) is 0.750. The first-order valence-electron chi connectivity index (χ1n) is 3.70. The molecule has 0 bridgehead atoms. The number of terminal acetylenes is 1. The Morgan fingerprint density at radius 1 is 1.73 bits per heavy atom. The molecule has 11 heavy (non-hydrogen) atoms. The Bertz CT molecular complexity index is 162. The van der Waals surface area contributed by atoms with Crippen LogP contribution in [-0.2, 0) is 10.8 Å². The monoisotopic (exact) mass is 173 g/mol. The molecule has 2 atom stereocenters. The zero-order chi connectivity index (χ0) is 8.69. The van der Waals surface area contributed by atoms with Crippen LogP contribution in [0.15, 0.2) is 0 Å². The van der Waals surface area contributed by atoms with E-state index in [2.05, 4.69) is 11.2 Å². The van der Waals surface area contributed by atoms with Crippen LogP contribution in [0, 0.1) is 12.3 Å². The quantitative estimate of drug-likeness (QED) is 0.608. The van der Waals surface area contributed by atoms with Crippen molar-refractivity contribution in [1.29, 1.82) is 0 Å². The van der Waals surface area contributed by atoms with E-state index >= 15 is 0 Å². The van der Waals surface area contributed by atoms with Crippen molar-refractivity contribution in [3.05, 3.63) is 0 Å². The zero-order valence-electron chi connectivity index (χ0n) is 7.09. The van der Waals surface area contributed by atoms with Crippen LogP contribution in [0.4, 0.5) is 0 Å². The van der Waals surface area contributed by atoms with Crippen LogP contribution in [0.25, 0.3) is 0 Å². The Morgan fingerprint density at radius 3 is 2.73 bits per heavy atom. The minimum absolute atomic E-state index is 0.138. The van der Waals surface area contributed by atoms with Crippen LogP contribution in [0.1, 0.15) is 13.3 Å². The average Bonchev–Trinajstić information content (AvgIpc) is 1.98. The summed E-state index contributed by atoms with van der Waals surface area (Å²) in [4.78, 5) is 0. The van der Waals surface area contributed by atoms with Crippen molar-refractivity contribution in [2.45, 2.75) is 19.4 Å². The van der Waals surface area contributed by atoms with E-state index in [4.69, 9.17) is 6.42 Å². The molecule has 0 fully saturated rings. The van der Waals surface area contributed by atoms with Crippen molar-refractivity contribution >= 4 is 10.8 Å². The molecule has 0 rings (SSSR count). The molecule has 2 nitrogen and oxygen atoms in total. The predicted molar refractivity (Wildman–Crippen MR) is 49.8 cm³/mol. The summed E-state index contributed by atoms with van der Waals surface area (Å²) in [7, 11) is -0.717. The van der Waals surface area contributed by atoms with Crippen LogP contribution in [0.2, 0.25) is 0 Å². The lowest BCUT2D eigenvalue weighted by Gasteiger charge is -2.08. The lowest BCUT2D eigenvalue weighted by molar-refractivity contribution is 0.613. The van der Waals surface area contributed by atoms with Crippen molar-refractivity contribution < 1.29 is 4.21 Å². The molecule has 0 aliphatic carbocycles. The maximum Gasteiger partial charge on any atom is 0.0684 e. The van der Waals surface area contributed by atoms with Crippen LogP contribution < -0.4 is 5.32 Å². The maximum absolute atomic E-state index is 10.6. The van der Waals surface area contributed by atoms with Crippen molar-refractivity contribution in [2.75, 3.05) is 18.6 Å². The molecule has 0 aliphatic rings. The molecule has 0 saturated carbocycles. The molecule has 0 aliphatic heterocycles. The molecular formula is C8H15NOS. The molecule has 0 aromatic heterocycles. The third-order valence-corrected chi connectivity index (χ3v) is 2.17. The lowest BCUT2D eigenvalue weighted by Crippen LogP contribution is -2.30. The molecule has 1 N–H and O–H groups in total. The van der Waals surface area contributed by atoms with Gasteiger partial charge in [0.05, 0.1) is 6.04 Å². The lowest BCUT2D eigenvalue weighted by atomic mass is 10.2. The molecule has 64 valence electrons. The largest absolute Gasteiger partial charge is 0.303 e. The van der Waals surface area contributed by atoms with Gasteiger partial charge in [-0.25, -0.2) is 0 Å². The van der Waals surface area contributed by atoms with Gasteiger partial charge in [-0.3, -0.25) is 4.21 Å². The zero-order valence-corrected chi connectivity index (χ0v) is 7.91. The summed E-state index contributed by atoms with van der Waals surface area (Å²) in [5, 5.41) is 3.12. The first kappa shape index (κ1) is 10.7. The molecule has 0 radical (unpaired) electrons. The highest BCUT2D eigenvalue weighted by Gasteiger charge is 1.99. The van der Waals surface area contributed by atoms with Gasteiger partial charge in [0, 0.05) is 29.4 Å². The van der Waals surface area contributed by atoms with Crippen LogP contribution in [0.5, 0.6) is 0 Å². The highest BCUT2D eigenvalue weighted by Crippen LogP contribution is 1.86. The number of nitrogens with one attached hydrogen (secondary N) is 1. The van der Waals surface area contributed by atoms with Gasteiger partial charge in [-0.1, -0.05) is 12.8 Å². The van der Waals surface area contributed by atoms with Gasteiger partial charge >= 0.3 is 0 Å². The smallest absolute Gasteiger partial charge is 0.0684 e. The van der Waals surface area contributed by atoms with Crippen LogP contribution in [0.3, 0.4) is 0 Å². The maximum atomic E-state index is 10.6. The third kappa shape index (κ3) is 6.08. The Morgan fingerprint density at radius 2 is 2.36 bits per heavy atom. The van der Waals surface area contributed by atoms with Crippen LogP contribution in [-0.4, -0.2) is 28.8 Å². The van der Waals surface area contributed by atoms with E-state index in [0.717, 1.165) is 13.0 Å². The Hall–Kier alpha value is -0.330. The van der Waals surface area contributed by atoms with Gasteiger partial charge in [-0.05, 0) is 6.42 Å². The summed E-state index contributed by atoms with van der Waals surface area (Å²) >= 11 is 0. The highest BCUT2D eigenvalue weighted by molar-refractivity contribution is 7.84. The van der Waals surface area contributed by atoms with Crippen molar-refractivity contribution in [2.24, 2.45) is 0 Å². The van der Waals surface area contributed by atoms with Gasteiger partial charge in [0.1, 0.15) is 0 Å². The second-order valence-corrected chi connectivity index (χ2v) is 3.91. The second kappa shape index (κ2) is 6.38. The first-order valence-corrected chi connectivity index (χ1v) is 5.43. The Labute approximate surface area is 71.2 Å². The van der Waals surface area contributed by atoms with Crippen molar-refractivity contribution in [3.8, 4) is 12.3 Å². The van der Waals surface area contributed by atoms with Crippen molar-refractivity contribution in [3.63, 3.8) is 0 Å². The number of hydrogen-bond acceptors (Lipinski definition) is 2. The van der Waals surface area contributed by atoms with E-state index in [1.165, 1.54) is 0 Å². The first-order chi connectivity index (χ1) is 5.20. The van der Waals surface area contributed by atoms with Gasteiger partial charge in [0.25, 0.3) is 0 Å². The van der Waals surface area contributed by atoms with Crippen LogP contribution >= 0.6 is 0 Å². The van der Waals surface area contributed by atoms with E-state index in [1.807, 2.05) is 6.92 Å². The predicted octanol–water partition coefficient (Wildman–Crippen LogP) is 0.366. The normalized spacial score (nSPS) is 15.4. The SMILES string of the molecule is C#CC(CC)NCCS(C)=O. The van der Waals surface area contributed by atoms with Crippen molar-refractivity contribution in [1.82, 2.24) is 5.32 Å². The van der Waals surface area contributed by atoms with E-state index in [0.29, 0.717) is 5.75 Å². The molecule has 0 heterocycles. The minimum Gasteiger partial charge on any atom is -0.303 e. The fourth-order valence-corrected chi connectivity index (χ4v) is 1.10. The van der Waals surface area contributed by atoms with E-state index < -0.39 is 10.8 Å². The van der Waals surface area contributed by atoms with E-state index in [9.17, 15) is 4.21 Å². The Balaban J connectivity index is 3.38. The number of hydrogen-bond donors (Lipinski definition) is 1. The van der Waals surface area contributed by atoms with Gasteiger partial charge in [0.2, 0.25) is 0 Å². The third-order valence-electron chi connectivity index (χ3n) is 1.39. The van der Waals surface area contributed by atoms with Gasteiger partial charge in [0.15, 0.2) is 0 Å². The average molecular weight is 173 g/mol. The summed E-state index contributed by atoms with van der Waals surface area (Å²) in [6, 6.07) is 0.138. The molecule has 0 spiro atoms. The topological polar surface area (TPSA) is 29.1 Å². The molecule has 0 aromatic rings. The second-order valence-electron chi connectivity index (χ2n) is 2.36. The minimum atomic E-state index is -0.717. The summed E-state index contributed by atoms with van der Waals surface area (Å²) in [6.45, 7) is 2.77. The molecule has 3 heteroatoms. The van der Waals surface area contributed by atoms with E-state index in [-0.39, 0.29) is 6.04 Å². The Kier molecular flexibility index (Phi) is 6.19. The summed E-state index contributed by atoms with van der Waals surface area (Å²) < 4.78 is 10.6. The summed E-state index contributed by atoms with van der Waals surface area (Å²) in [5.41, 5.74) is 0. The fourth-order valence-electron chi connectivity index (χ4n) is 0.698. The molecule has 0 saturated heterocycles. The standard InChI is InChI=1S/C8H15NOS/c1-4-8(5-2)9-6-7-11(3)10/h1,8-9H,5-7H2,2-3H3. The molecule has 0 amide bonds. The molecular weight excluding hydrogens is 158 g/mol. The molecule has 0 aromatic carbocycles. The van der Waals surface area contributed by atoms with Gasteiger partial charge in [-0.15, -0.1) is 6.42 Å². The number of rotatable bonds is 5. The summed E-state index contributed by atoms with van der Waals surface area (Å²) in [5.74, 6) is 3.29. The highest BCUT2D eigenvalue weighted by atomic mass is 32.2. The van der Waals surface area contributed by atoms with E-state index in [1.54, 1.807) is 6.26 Å². The summed E-state index contributed by atoms with van der Waals surface area (Å²) in [6.07, 6.45) is 7.83. The molecule has 2 unspecified atom stereocenters.